The summed E-state index contributed by atoms with van der Waals surface area (Å²) in [5.74, 6) is 0.450. The molecule has 0 spiro atoms. The number of aromatic nitrogens is 2. The highest BCUT2D eigenvalue weighted by Crippen LogP contribution is 2.27. The maximum absolute atomic E-state index is 12.5. The fourth-order valence-electron chi connectivity index (χ4n) is 3.14. The molecule has 0 aliphatic heterocycles. The van der Waals surface area contributed by atoms with Crippen molar-refractivity contribution in [1.82, 2.24) is 9.97 Å². The molecule has 0 N–H and O–H groups in total. The predicted molar refractivity (Wildman–Crippen MR) is 156 cm³/mol. The average Bonchev–Trinajstić information content (AvgIpc) is 2.76. The highest BCUT2D eigenvalue weighted by atomic mass is 127. The Morgan fingerprint density at radius 1 is 0.562 bits per heavy atom. The molecule has 2 heterocycles. The SMILES string of the molecule is O=c1oc(-c2ccc(-c3nc4cc(I)c(I)cc4c(=O)o3)cc2)nc2cc(I)c(I)cc12. The molecular formula is C22H8I4N2O4. The first-order valence-electron chi connectivity index (χ1n) is 9.01. The number of nitrogens with zero attached hydrogens (tertiary/aromatic N) is 2. The third-order valence-corrected chi connectivity index (χ3v) is 10.4. The Morgan fingerprint density at radius 2 is 0.906 bits per heavy atom. The van der Waals surface area contributed by atoms with Crippen LogP contribution in [0.5, 0.6) is 0 Å². The van der Waals surface area contributed by atoms with Crippen LogP contribution >= 0.6 is 90.4 Å². The molecule has 5 rings (SSSR count). The van der Waals surface area contributed by atoms with Gasteiger partial charge in [-0.15, -0.1) is 0 Å². The lowest BCUT2D eigenvalue weighted by Gasteiger charge is -2.06. The molecule has 0 bridgehead atoms. The minimum absolute atomic E-state index is 0.225. The van der Waals surface area contributed by atoms with Crippen LogP contribution in [0.3, 0.4) is 0 Å². The Kier molecular flexibility index (Phi) is 6.30. The van der Waals surface area contributed by atoms with Crippen molar-refractivity contribution < 1.29 is 8.83 Å². The van der Waals surface area contributed by atoms with Gasteiger partial charge >= 0.3 is 11.3 Å². The molecule has 0 unspecified atom stereocenters. The van der Waals surface area contributed by atoms with Gasteiger partial charge in [0.25, 0.3) is 0 Å². The lowest BCUT2D eigenvalue weighted by Crippen LogP contribution is -2.04. The summed E-state index contributed by atoms with van der Waals surface area (Å²) >= 11 is 8.77. The van der Waals surface area contributed by atoms with Crippen LogP contribution in [0, 0.1) is 14.3 Å². The summed E-state index contributed by atoms with van der Waals surface area (Å²) < 4.78 is 14.9. The molecule has 10 heteroatoms. The standard InChI is InChI=1S/C22H8I4N2O4/c23-13-5-11-17(7-15(13)25)27-19(31-21(11)29)9-1-2-10(4-3-9)20-28-18-8-16(26)14(24)6-12(18)22(30)32-20/h1-8H. The van der Waals surface area contributed by atoms with Gasteiger partial charge in [0.15, 0.2) is 0 Å². The molecule has 158 valence electrons. The average molecular weight is 872 g/mol. The number of hydrogen-bond donors (Lipinski definition) is 0. The second-order valence-electron chi connectivity index (χ2n) is 6.76. The van der Waals surface area contributed by atoms with E-state index >= 15 is 0 Å². The maximum Gasteiger partial charge on any atom is 0.347 e. The summed E-state index contributed by atoms with van der Waals surface area (Å²) in [6.07, 6.45) is 0. The second-order valence-corrected chi connectivity index (χ2v) is 11.4. The molecule has 0 amide bonds. The van der Waals surface area contributed by atoms with Crippen molar-refractivity contribution >= 4 is 112 Å². The Labute approximate surface area is 234 Å². The van der Waals surface area contributed by atoms with Gasteiger partial charge < -0.3 is 8.83 Å². The minimum atomic E-state index is -0.435. The van der Waals surface area contributed by atoms with Gasteiger partial charge in [-0.1, -0.05) is 0 Å². The van der Waals surface area contributed by atoms with E-state index in [0.717, 1.165) is 14.3 Å². The largest absolute Gasteiger partial charge is 0.403 e. The molecule has 6 nitrogen and oxygen atoms in total. The van der Waals surface area contributed by atoms with Crippen molar-refractivity contribution in [2.45, 2.75) is 0 Å². The van der Waals surface area contributed by atoms with E-state index in [9.17, 15) is 9.59 Å². The molecule has 0 radical (unpaired) electrons. The lowest BCUT2D eigenvalue weighted by atomic mass is 10.1. The molecule has 32 heavy (non-hydrogen) atoms. The Morgan fingerprint density at radius 3 is 1.28 bits per heavy atom. The van der Waals surface area contributed by atoms with Crippen molar-refractivity contribution in [3.8, 4) is 22.9 Å². The molecule has 0 fully saturated rings. The highest BCUT2D eigenvalue weighted by Gasteiger charge is 2.14. The summed E-state index contributed by atoms with van der Waals surface area (Å²) in [6, 6.07) is 14.3. The van der Waals surface area contributed by atoms with Crippen molar-refractivity contribution in [2.24, 2.45) is 0 Å². The van der Waals surface area contributed by atoms with Crippen molar-refractivity contribution in [3.05, 3.63) is 83.7 Å². The smallest absolute Gasteiger partial charge is 0.347 e. The predicted octanol–water partition coefficient (Wildman–Crippen LogP) is 6.44. The maximum atomic E-state index is 12.5. The van der Waals surface area contributed by atoms with E-state index in [0.29, 0.717) is 32.9 Å². The fourth-order valence-corrected chi connectivity index (χ4v) is 4.97. The van der Waals surface area contributed by atoms with Crippen LogP contribution < -0.4 is 11.3 Å². The van der Waals surface area contributed by atoms with Crippen LogP contribution in [-0.4, -0.2) is 9.97 Å². The monoisotopic (exact) mass is 872 g/mol. The van der Waals surface area contributed by atoms with Crippen molar-refractivity contribution in [2.75, 3.05) is 0 Å². The van der Waals surface area contributed by atoms with E-state index < -0.39 is 11.3 Å². The van der Waals surface area contributed by atoms with Crippen LogP contribution in [0.1, 0.15) is 0 Å². The minimum Gasteiger partial charge on any atom is -0.403 e. The number of halogens is 4. The molecule has 5 aromatic rings. The molecule has 0 saturated heterocycles. The molecule has 2 aromatic heterocycles. The number of rotatable bonds is 2. The zero-order valence-electron chi connectivity index (χ0n) is 15.7. The Bertz CT molecular complexity index is 1540. The van der Waals surface area contributed by atoms with Crippen molar-refractivity contribution in [1.29, 1.82) is 0 Å². The first-order chi connectivity index (χ1) is 15.3. The zero-order chi connectivity index (χ0) is 22.6. The highest BCUT2D eigenvalue weighted by molar-refractivity contribution is 14.1. The van der Waals surface area contributed by atoms with Crippen LogP contribution in [0.15, 0.2) is 67.0 Å². The van der Waals surface area contributed by atoms with E-state index in [2.05, 4.69) is 100 Å². The number of fused-ring (bicyclic) bond motifs is 2. The van der Waals surface area contributed by atoms with E-state index in [-0.39, 0.29) is 11.8 Å². The van der Waals surface area contributed by atoms with Crippen LogP contribution in [0.2, 0.25) is 0 Å². The van der Waals surface area contributed by atoms with E-state index in [1.165, 1.54) is 0 Å². The molecule has 0 aliphatic rings. The van der Waals surface area contributed by atoms with E-state index in [1.54, 1.807) is 36.4 Å². The quantitative estimate of drug-likeness (QED) is 0.190. The molecule has 0 atom stereocenters. The summed E-state index contributed by atoms with van der Waals surface area (Å²) in [5.41, 5.74) is 1.56. The van der Waals surface area contributed by atoms with Gasteiger partial charge in [0.05, 0.1) is 21.8 Å². The Hall–Kier alpha value is -1.14. The lowest BCUT2D eigenvalue weighted by molar-refractivity contribution is 0.516. The van der Waals surface area contributed by atoms with Crippen molar-refractivity contribution in [3.63, 3.8) is 0 Å². The van der Waals surface area contributed by atoms with Gasteiger partial charge in [-0.05, 0) is 139 Å². The molecular weight excluding hydrogens is 864 g/mol. The van der Waals surface area contributed by atoms with Gasteiger partial charge in [0, 0.05) is 25.4 Å². The van der Waals surface area contributed by atoms with Gasteiger partial charge in [-0.3, -0.25) is 0 Å². The van der Waals surface area contributed by atoms with Crippen LogP contribution in [0.4, 0.5) is 0 Å². The number of benzene rings is 3. The Balaban J connectivity index is 1.57. The molecule has 3 aromatic carbocycles. The zero-order valence-corrected chi connectivity index (χ0v) is 24.3. The third-order valence-electron chi connectivity index (χ3n) is 4.72. The van der Waals surface area contributed by atoms with E-state index in [1.807, 2.05) is 12.1 Å². The van der Waals surface area contributed by atoms with Crippen LogP contribution in [-0.2, 0) is 0 Å². The summed E-state index contributed by atoms with van der Waals surface area (Å²) in [6.45, 7) is 0. The first kappa shape index (κ1) is 22.6. The third kappa shape index (κ3) is 4.22. The first-order valence-corrected chi connectivity index (χ1v) is 13.3. The molecule has 0 saturated carbocycles. The summed E-state index contributed by atoms with van der Waals surface area (Å²) in [5, 5.41) is 0.892. The van der Waals surface area contributed by atoms with Gasteiger partial charge in [0.2, 0.25) is 11.8 Å². The van der Waals surface area contributed by atoms with Crippen LogP contribution in [0.25, 0.3) is 44.7 Å². The second kappa shape index (κ2) is 8.90. The van der Waals surface area contributed by atoms with Gasteiger partial charge in [0.1, 0.15) is 0 Å². The topological polar surface area (TPSA) is 86.2 Å². The van der Waals surface area contributed by atoms with Gasteiger partial charge in [-0.2, -0.15) is 0 Å². The van der Waals surface area contributed by atoms with Gasteiger partial charge in [-0.25, -0.2) is 19.6 Å². The number of hydrogen-bond acceptors (Lipinski definition) is 6. The summed E-state index contributed by atoms with van der Waals surface area (Å²) in [7, 11) is 0. The van der Waals surface area contributed by atoms with E-state index in [4.69, 9.17) is 8.83 Å². The normalized spacial score (nSPS) is 11.4. The fraction of sp³-hybridized carbons (Fsp3) is 0. The summed E-state index contributed by atoms with van der Waals surface area (Å²) in [4.78, 5) is 34.0. The molecule has 0 aliphatic carbocycles.